The zero-order valence-corrected chi connectivity index (χ0v) is 14.1. The summed E-state index contributed by atoms with van der Waals surface area (Å²) in [6, 6.07) is 11.9. The van der Waals surface area contributed by atoms with Crippen molar-refractivity contribution in [3.05, 3.63) is 47.5 Å². The van der Waals surface area contributed by atoms with Crippen LogP contribution in [0.1, 0.15) is 59.7 Å². The summed E-state index contributed by atoms with van der Waals surface area (Å²) in [4.78, 5) is 23.0. The molecule has 0 aliphatic carbocycles. The third-order valence-electron chi connectivity index (χ3n) is 4.74. The first-order chi connectivity index (χ1) is 11.8. The molecule has 3 heteroatoms. The van der Waals surface area contributed by atoms with Gasteiger partial charge in [-0.1, -0.05) is 62.9 Å². The van der Waals surface area contributed by atoms with E-state index in [2.05, 4.69) is 23.6 Å². The lowest BCUT2D eigenvalue weighted by Crippen LogP contribution is -2.02. The first kappa shape index (κ1) is 16.4. The fourth-order valence-corrected chi connectivity index (χ4v) is 3.52. The number of hydrogen-bond acceptors (Lipinski definition) is 2. The Hall–Kier alpha value is -2.42. The highest BCUT2D eigenvalue weighted by atomic mass is 16.1. The summed E-state index contributed by atoms with van der Waals surface area (Å²) in [6.45, 7) is 3.08. The van der Waals surface area contributed by atoms with Crippen LogP contribution in [0.15, 0.2) is 36.4 Å². The average molecular weight is 321 g/mol. The van der Waals surface area contributed by atoms with Crippen LogP contribution in [-0.2, 0) is 6.54 Å². The second-order valence-electron chi connectivity index (χ2n) is 6.28. The minimum absolute atomic E-state index is 0.465. The molecule has 0 saturated carbocycles. The van der Waals surface area contributed by atoms with Crippen molar-refractivity contribution in [3.63, 3.8) is 0 Å². The van der Waals surface area contributed by atoms with Crippen LogP contribution >= 0.6 is 0 Å². The van der Waals surface area contributed by atoms with Crippen molar-refractivity contribution in [2.24, 2.45) is 0 Å². The third-order valence-corrected chi connectivity index (χ3v) is 4.74. The number of hydrogen-bond donors (Lipinski definition) is 0. The van der Waals surface area contributed by atoms with Crippen LogP contribution in [-0.4, -0.2) is 17.1 Å². The van der Waals surface area contributed by atoms with Crippen molar-refractivity contribution in [2.45, 2.75) is 45.6 Å². The van der Waals surface area contributed by atoms with Gasteiger partial charge in [0, 0.05) is 34.0 Å². The topological polar surface area (TPSA) is 39.1 Å². The first-order valence-electron chi connectivity index (χ1n) is 8.76. The molecule has 0 spiro atoms. The molecule has 0 aliphatic rings. The van der Waals surface area contributed by atoms with Gasteiger partial charge in [0.15, 0.2) is 12.6 Å². The number of aldehydes is 2. The molecule has 3 rings (SSSR count). The number of aryl methyl sites for hydroxylation is 1. The maximum absolute atomic E-state index is 11.7. The number of fused-ring (bicyclic) bond motifs is 3. The molecule has 1 heterocycles. The highest BCUT2D eigenvalue weighted by molar-refractivity contribution is 6.14. The minimum atomic E-state index is 0.465. The van der Waals surface area contributed by atoms with Gasteiger partial charge in [0.25, 0.3) is 0 Å². The average Bonchev–Trinajstić information content (AvgIpc) is 2.95. The van der Waals surface area contributed by atoms with Gasteiger partial charge in [-0.15, -0.1) is 0 Å². The Kier molecular flexibility index (Phi) is 5.09. The molecule has 0 bridgehead atoms. The summed E-state index contributed by atoms with van der Waals surface area (Å²) < 4.78 is 2.22. The van der Waals surface area contributed by atoms with Crippen LogP contribution in [0, 0.1) is 0 Å². The predicted molar refractivity (Wildman–Crippen MR) is 99.0 cm³/mol. The van der Waals surface area contributed by atoms with Crippen LogP contribution in [0.5, 0.6) is 0 Å². The van der Waals surface area contributed by atoms with E-state index in [0.29, 0.717) is 11.1 Å². The Balaban J connectivity index is 2.12. The largest absolute Gasteiger partial charge is 0.340 e. The molecule has 3 nitrogen and oxygen atoms in total. The van der Waals surface area contributed by atoms with Crippen LogP contribution in [0.4, 0.5) is 0 Å². The standard InChI is InChI=1S/C21H23NO2/c1-2-3-4-5-8-13-22-20-10-7-6-9-17(20)18-12-11-16(14-23)19(15-24)21(18)22/h6-7,9-12,14-15H,2-5,8,13H2,1H3. The molecule has 0 unspecified atom stereocenters. The Morgan fingerprint density at radius 2 is 1.67 bits per heavy atom. The molecule has 0 fully saturated rings. The van der Waals surface area contributed by atoms with Gasteiger partial charge in [0.2, 0.25) is 0 Å². The van der Waals surface area contributed by atoms with E-state index in [1.165, 1.54) is 25.7 Å². The second kappa shape index (κ2) is 7.43. The number of aromatic nitrogens is 1. The minimum Gasteiger partial charge on any atom is -0.340 e. The monoisotopic (exact) mass is 321 g/mol. The summed E-state index contributed by atoms with van der Waals surface area (Å²) in [6.07, 6.45) is 7.59. The zero-order valence-electron chi connectivity index (χ0n) is 14.1. The quantitative estimate of drug-likeness (QED) is 0.412. The Morgan fingerprint density at radius 3 is 2.42 bits per heavy atom. The number of unbranched alkanes of at least 4 members (excludes halogenated alkanes) is 4. The molecule has 3 aromatic rings. The molecule has 0 radical (unpaired) electrons. The molecule has 1 aromatic heterocycles. The van der Waals surface area contributed by atoms with Gasteiger partial charge < -0.3 is 4.57 Å². The fourth-order valence-electron chi connectivity index (χ4n) is 3.52. The van der Waals surface area contributed by atoms with E-state index in [-0.39, 0.29) is 0 Å². The highest BCUT2D eigenvalue weighted by Gasteiger charge is 2.16. The lowest BCUT2D eigenvalue weighted by atomic mass is 10.0. The lowest BCUT2D eigenvalue weighted by molar-refractivity contribution is 0.109. The van der Waals surface area contributed by atoms with Gasteiger partial charge in [-0.25, -0.2) is 0 Å². The van der Waals surface area contributed by atoms with Crippen molar-refractivity contribution in [3.8, 4) is 0 Å². The van der Waals surface area contributed by atoms with Gasteiger partial charge in [0.05, 0.1) is 5.52 Å². The van der Waals surface area contributed by atoms with Crippen molar-refractivity contribution in [2.75, 3.05) is 0 Å². The van der Waals surface area contributed by atoms with Crippen LogP contribution in [0.25, 0.3) is 21.8 Å². The number of carbonyl (C=O) groups excluding carboxylic acids is 2. The molecule has 2 aromatic carbocycles. The summed E-state index contributed by atoms with van der Waals surface area (Å²) in [5.41, 5.74) is 3.00. The van der Waals surface area contributed by atoms with E-state index in [1.807, 2.05) is 18.2 Å². The molecular formula is C21H23NO2. The van der Waals surface area contributed by atoms with Gasteiger partial charge in [-0.3, -0.25) is 9.59 Å². The van der Waals surface area contributed by atoms with Crippen molar-refractivity contribution < 1.29 is 9.59 Å². The SMILES string of the molecule is CCCCCCCn1c2ccccc2c2ccc(C=O)c(C=O)c21. The normalized spacial score (nSPS) is 11.2. The number of carbonyl (C=O) groups is 2. The number of rotatable bonds is 8. The van der Waals surface area contributed by atoms with E-state index in [1.54, 1.807) is 6.07 Å². The number of benzene rings is 2. The molecule has 24 heavy (non-hydrogen) atoms. The van der Waals surface area contributed by atoms with E-state index < -0.39 is 0 Å². The summed E-state index contributed by atoms with van der Waals surface area (Å²) in [5, 5.41) is 2.19. The second-order valence-corrected chi connectivity index (χ2v) is 6.28. The van der Waals surface area contributed by atoms with Crippen LogP contribution in [0.2, 0.25) is 0 Å². The van der Waals surface area contributed by atoms with E-state index >= 15 is 0 Å². The van der Waals surface area contributed by atoms with E-state index in [0.717, 1.165) is 47.3 Å². The third kappa shape index (κ3) is 2.86. The maximum Gasteiger partial charge on any atom is 0.152 e. The molecule has 124 valence electrons. The van der Waals surface area contributed by atoms with E-state index in [9.17, 15) is 9.59 Å². The Labute approximate surface area is 142 Å². The smallest absolute Gasteiger partial charge is 0.152 e. The van der Waals surface area contributed by atoms with Gasteiger partial charge in [-0.2, -0.15) is 0 Å². The number of nitrogens with zero attached hydrogens (tertiary/aromatic N) is 1. The van der Waals surface area contributed by atoms with Crippen molar-refractivity contribution >= 4 is 34.4 Å². The highest BCUT2D eigenvalue weighted by Crippen LogP contribution is 2.32. The molecule has 0 amide bonds. The molecule has 0 atom stereocenters. The van der Waals surface area contributed by atoms with Gasteiger partial charge >= 0.3 is 0 Å². The van der Waals surface area contributed by atoms with Crippen molar-refractivity contribution in [1.29, 1.82) is 0 Å². The lowest BCUT2D eigenvalue weighted by Gasteiger charge is -2.09. The summed E-state index contributed by atoms with van der Waals surface area (Å²) in [5.74, 6) is 0. The Morgan fingerprint density at radius 1 is 0.875 bits per heavy atom. The summed E-state index contributed by atoms with van der Waals surface area (Å²) >= 11 is 0. The van der Waals surface area contributed by atoms with Crippen LogP contribution in [0.3, 0.4) is 0 Å². The molecule has 0 aliphatic heterocycles. The zero-order chi connectivity index (χ0) is 16.9. The maximum atomic E-state index is 11.7. The van der Waals surface area contributed by atoms with E-state index in [4.69, 9.17) is 0 Å². The van der Waals surface area contributed by atoms with Gasteiger partial charge in [0.1, 0.15) is 0 Å². The van der Waals surface area contributed by atoms with Crippen molar-refractivity contribution in [1.82, 2.24) is 4.57 Å². The predicted octanol–water partition coefficient (Wildman–Crippen LogP) is 5.39. The Bertz CT molecular complexity index is 876. The molecular weight excluding hydrogens is 298 g/mol. The first-order valence-corrected chi connectivity index (χ1v) is 8.76. The fraction of sp³-hybridized carbons (Fsp3) is 0.333. The molecule has 0 N–H and O–H groups in total. The number of para-hydroxylation sites is 1. The summed E-state index contributed by atoms with van der Waals surface area (Å²) in [7, 11) is 0. The molecule has 0 saturated heterocycles. The van der Waals surface area contributed by atoms with Gasteiger partial charge in [-0.05, 0) is 12.5 Å². The van der Waals surface area contributed by atoms with Crippen LogP contribution < -0.4 is 0 Å².